The minimum absolute atomic E-state index is 0.456. The van der Waals surface area contributed by atoms with Gasteiger partial charge in [-0.2, -0.15) is 0 Å². The number of hydrogen-bond acceptors (Lipinski definition) is 2. The maximum absolute atomic E-state index is 6.46. The maximum Gasteiger partial charge on any atom is 0.0471 e. The van der Waals surface area contributed by atoms with E-state index in [0.717, 1.165) is 24.7 Å². The van der Waals surface area contributed by atoms with Gasteiger partial charge in [0.1, 0.15) is 0 Å². The number of nitrogens with one attached hydrogen (secondary N) is 1. The number of rotatable bonds is 8. The topological polar surface area (TPSA) is 15.3 Å². The molecule has 0 heterocycles. The van der Waals surface area contributed by atoms with Gasteiger partial charge >= 0.3 is 0 Å². The second-order valence-electron chi connectivity index (χ2n) is 6.97. The van der Waals surface area contributed by atoms with Crippen LogP contribution >= 0.6 is 11.6 Å². The Morgan fingerprint density at radius 1 is 1.00 bits per heavy atom. The Hall–Kier alpha value is -0.730. The van der Waals surface area contributed by atoms with Gasteiger partial charge in [-0.05, 0) is 24.0 Å². The van der Waals surface area contributed by atoms with Crippen LogP contribution in [0, 0.1) is 11.8 Å². The van der Waals surface area contributed by atoms with E-state index in [1.807, 2.05) is 6.07 Å². The van der Waals surface area contributed by atoms with E-state index in [9.17, 15) is 0 Å². The molecule has 21 heavy (non-hydrogen) atoms. The molecule has 120 valence electrons. The van der Waals surface area contributed by atoms with Gasteiger partial charge in [-0.3, -0.25) is 0 Å². The molecule has 0 aliphatic rings. The average Bonchev–Trinajstić information content (AvgIpc) is 2.34. The number of halogens is 1. The summed E-state index contributed by atoms with van der Waals surface area (Å²) in [5.41, 5.74) is 2.49. The van der Waals surface area contributed by atoms with E-state index in [1.165, 1.54) is 11.3 Å². The Balaban J connectivity index is 3.07. The van der Waals surface area contributed by atoms with Crippen LogP contribution in [-0.4, -0.2) is 19.1 Å². The first-order valence-corrected chi connectivity index (χ1v) is 8.44. The monoisotopic (exact) mass is 310 g/mol. The second-order valence-corrected chi connectivity index (χ2v) is 7.37. The van der Waals surface area contributed by atoms with Crippen molar-refractivity contribution >= 4 is 17.3 Å². The molecule has 0 unspecified atom stereocenters. The average molecular weight is 311 g/mol. The Bertz CT molecular complexity index is 417. The highest BCUT2D eigenvalue weighted by Gasteiger charge is 2.16. The molecule has 2 nitrogen and oxygen atoms in total. The molecule has 1 rings (SSSR count). The quantitative estimate of drug-likeness (QED) is 0.730. The molecule has 1 N–H and O–H groups in total. The molecule has 1 aromatic carbocycles. The standard InChI is InChI=1S/C18H31ClN2/c1-13(2)11-21(12-14(3)4)18-9-7-8-17(19)16(18)10-20-15(5)6/h7-9,13-15,20H,10-12H2,1-6H3. The van der Waals surface area contributed by atoms with E-state index in [-0.39, 0.29) is 0 Å². The van der Waals surface area contributed by atoms with E-state index >= 15 is 0 Å². The molecule has 0 spiro atoms. The lowest BCUT2D eigenvalue weighted by atomic mass is 10.1. The van der Waals surface area contributed by atoms with Gasteiger partial charge in [0.15, 0.2) is 0 Å². The lowest BCUT2D eigenvalue weighted by molar-refractivity contribution is 0.546. The number of anilines is 1. The second kappa shape index (κ2) is 8.65. The molecule has 0 bridgehead atoms. The third kappa shape index (κ3) is 6.27. The summed E-state index contributed by atoms with van der Waals surface area (Å²) < 4.78 is 0. The van der Waals surface area contributed by atoms with Crippen LogP contribution in [0.1, 0.15) is 47.1 Å². The zero-order chi connectivity index (χ0) is 16.0. The van der Waals surface area contributed by atoms with E-state index in [0.29, 0.717) is 17.9 Å². The summed E-state index contributed by atoms with van der Waals surface area (Å²) in [5.74, 6) is 1.27. The minimum atomic E-state index is 0.456. The molecule has 0 aromatic heterocycles. The van der Waals surface area contributed by atoms with Crippen molar-refractivity contribution in [1.82, 2.24) is 5.32 Å². The van der Waals surface area contributed by atoms with Crippen molar-refractivity contribution in [3.63, 3.8) is 0 Å². The third-order valence-electron chi connectivity index (χ3n) is 3.29. The molecule has 0 aliphatic carbocycles. The molecule has 3 heteroatoms. The highest BCUT2D eigenvalue weighted by Crippen LogP contribution is 2.29. The van der Waals surface area contributed by atoms with E-state index in [1.54, 1.807) is 0 Å². The van der Waals surface area contributed by atoms with Gasteiger partial charge < -0.3 is 10.2 Å². The van der Waals surface area contributed by atoms with Gasteiger partial charge in [0.25, 0.3) is 0 Å². The lowest BCUT2D eigenvalue weighted by Gasteiger charge is -2.31. The van der Waals surface area contributed by atoms with Crippen molar-refractivity contribution in [2.75, 3.05) is 18.0 Å². The zero-order valence-electron chi connectivity index (χ0n) is 14.4. The van der Waals surface area contributed by atoms with Crippen LogP contribution in [0.2, 0.25) is 5.02 Å². The van der Waals surface area contributed by atoms with Crippen LogP contribution in [0.3, 0.4) is 0 Å². The molecular formula is C18H31ClN2. The van der Waals surface area contributed by atoms with Crippen molar-refractivity contribution in [1.29, 1.82) is 0 Å². The van der Waals surface area contributed by atoms with Crippen molar-refractivity contribution in [3.8, 4) is 0 Å². The Morgan fingerprint density at radius 3 is 2.05 bits per heavy atom. The van der Waals surface area contributed by atoms with Crippen LogP contribution in [-0.2, 0) is 6.54 Å². The summed E-state index contributed by atoms with van der Waals surface area (Å²) in [6, 6.07) is 6.71. The van der Waals surface area contributed by atoms with Crippen molar-refractivity contribution in [2.45, 2.75) is 54.1 Å². The summed E-state index contributed by atoms with van der Waals surface area (Å²) in [6.07, 6.45) is 0. The van der Waals surface area contributed by atoms with Crippen molar-refractivity contribution in [3.05, 3.63) is 28.8 Å². The van der Waals surface area contributed by atoms with Crippen LogP contribution < -0.4 is 10.2 Å². The first-order valence-electron chi connectivity index (χ1n) is 8.07. The van der Waals surface area contributed by atoms with Crippen LogP contribution in [0.15, 0.2) is 18.2 Å². The Labute approximate surface area is 135 Å². The molecule has 1 aromatic rings. The predicted octanol–water partition coefficient (Wildman–Crippen LogP) is 4.96. The predicted molar refractivity (Wildman–Crippen MR) is 95.3 cm³/mol. The highest BCUT2D eigenvalue weighted by atomic mass is 35.5. The fourth-order valence-corrected chi connectivity index (χ4v) is 2.71. The molecule has 0 radical (unpaired) electrons. The summed E-state index contributed by atoms with van der Waals surface area (Å²) >= 11 is 6.46. The minimum Gasteiger partial charge on any atom is -0.371 e. The van der Waals surface area contributed by atoms with Gasteiger partial charge in [0.05, 0.1) is 0 Å². The first kappa shape index (κ1) is 18.3. The van der Waals surface area contributed by atoms with Gasteiger partial charge in [-0.1, -0.05) is 59.2 Å². The third-order valence-corrected chi connectivity index (χ3v) is 3.65. The molecule has 0 atom stereocenters. The first-order chi connectivity index (χ1) is 9.81. The van der Waals surface area contributed by atoms with Crippen molar-refractivity contribution in [2.24, 2.45) is 11.8 Å². The van der Waals surface area contributed by atoms with Crippen LogP contribution in [0.4, 0.5) is 5.69 Å². The fourth-order valence-electron chi connectivity index (χ4n) is 2.48. The van der Waals surface area contributed by atoms with Crippen molar-refractivity contribution < 1.29 is 0 Å². The molecule has 0 saturated carbocycles. The maximum atomic E-state index is 6.46. The number of benzene rings is 1. The molecule has 0 amide bonds. The lowest BCUT2D eigenvalue weighted by Crippen LogP contribution is -2.33. The van der Waals surface area contributed by atoms with E-state index < -0.39 is 0 Å². The fraction of sp³-hybridized carbons (Fsp3) is 0.667. The summed E-state index contributed by atoms with van der Waals surface area (Å²) in [7, 11) is 0. The summed E-state index contributed by atoms with van der Waals surface area (Å²) in [4.78, 5) is 2.48. The van der Waals surface area contributed by atoms with Gasteiger partial charge in [-0.25, -0.2) is 0 Å². The molecule has 0 aliphatic heterocycles. The normalized spacial score (nSPS) is 11.7. The van der Waals surface area contributed by atoms with Gasteiger partial charge in [-0.15, -0.1) is 0 Å². The molecule has 0 fully saturated rings. The van der Waals surface area contributed by atoms with Crippen LogP contribution in [0.5, 0.6) is 0 Å². The summed E-state index contributed by atoms with van der Waals surface area (Å²) in [6.45, 7) is 16.3. The Morgan fingerprint density at radius 2 is 1.57 bits per heavy atom. The number of hydrogen-bond donors (Lipinski definition) is 1. The zero-order valence-corrected chi connectivity index (χ0v) is 15.2. The van der Waals surface area contributed by atoms with Crippen LogP contribution in [0.25, 0.3) is 0 Å². The highest BCUT2D eigenvalue weighted by molar-refractivity contribution is 6.31. The summed E-state index contributed by atoms with van der Waals surface area (Å²) in [5, 5.41) is 4.35. The van der Waals surface area contributed by atoms with Gasteiger partial charge in [0.2, 0.25) is 0 Å². The van der Waals surface area contributed by atoms with E-state index in [2.05, 4.69) is 63.9 Å². The number of nitrogens with zero attached hydrogens (tertiary/aromatic N) is 1. The SMILES string of the molecule is CC(C)CN(CC(C)C)c1cccc(Cl)c1CNC(C)C. The largest absolute Gasteiger partial charge is 0.371 e. The molecule has 0 saturated heterocycles. The van der Waals surface area contributed by atoms with E-state index in [4.69, 9.17) is 11.6 Å². The Kier molecular flexibility index (Phi) is 7.55. The van der Waals surface area contributed by atoms with Gasteiger partial charge in [0, 0.05) is 41.9 Å². The smallest absolute Gasteiger partial charge is 0.0471 e. The molecular weight excluding hydrogens is 280 g/mol.